The van der Waals surface area contributed by atoms with Crippen LogP contribution >= 0.6 is 11.3 Å². The first-order valence-corrected chi connectivity index (χ1v) is 7.17. The molecule has 2 aromatic rings. The molecule has 4 nitrogen and oxygen atoms in total. The molecular formula is C13H20N4S. The zero-order valence-corrected chi connectivity index (χ0v) is 11.8. The molecule has 0 aliphatic heterocycles. The normalized spacial score (nSPS) is 11.3. The molecule has 0 aliphatic rings. The Labute approximate surface area is 112 Å². The van der Waals surface area contributed by atoms with Crippen LogP contribution in [0.15, 0.2) is 18.2 Å². The number of likely N-dealkylation sites (N-methyl/N-ethyl adjacent to an activating group) is 1. The third-order valence-electron chi connectivity index (χ3n) is 3.01. The van der Waals surface area contributed by atoms with Crippen LogP contribution in [-0.2, 0) is 0 Å². The van der Waals surface area contributed by atoms with Crippen molar-refractivity contribution in [3.63, 3.8) is 0 Å². The lowest BCUT2D eigenvalue weighted by atomic mass is 10.3. The van der Waals surface area contributed by atoms with Gasteiger partial charge < -0.3 is 16.0 Å². The van der Waals surface area contributed by atoms with Crippen molar-refractivity contribution >= 4 is 32.4 Å². The van der Waals surface area contributed by atoms with Gasteiger partial charge in [-0.05, 0) is 31.3 Å². The first kappa shape index (κ1) is 13.1. The second-order valence-electron chi connectivity index (χ2n) is 4.20. The van der Waals surface area contributed by atoms with E-state index in [0.29, 0.717) is 0 Å². The Kier molecular flexibility index (Phi) is 4.38. The molecule has 2 rings (SSSR count). The summed E-state index contributed by atoms with van der Waals surface area (Å²) in [5.74, 6) is 0. The summed E-state index contributed by atoms with van der Waals surface area (Å²) >= 11 is 1.66. The first-order chi connectivity index (χ1) is 8.72. The van der Waals surface area contributed by atoms with Crippen LogP contribution in [0, 0.1) is 0 Å². The van der Waals surface area contributed by atoms with Gasteiger partial charge in [0.15, 0.2) is 5.13 Å². The van der Waals surface area contributed by atoms with Gasteiger partial charge in [-0.1, -0.05) is 25.2 Å². The van der Waals surface area contributed by atoms with Gasteiger partial charge in [0.2, 0.25) is 0 Å². The van der Waals surface area contributed by atoms with Gasteiger partial charge in [0, 0.05) is 18.8 Å². The number of nitrogens with one attached hydrogen (secondary N) is 1. The largest absolute Gasteiger partial charge is 0.399 e. The molecule has 1 aromatic carbocycles. The zero-order chi connectivity index (χ0) is 13.0. The monoisotopic (exact) mass is 264 g/mol. The predicted octanol–water partition coefficient (Wildman–Crippen LogP) is 2.63. The van der Waals surface area contributed by atoms with Gasteiger partial charge in [-0.2, -0.15) is 0 Å². The fraction of sp³-hybridized carbons (Fsp3) is 0.462. The number of nitrogen functional groups attached to an aromatic ring is 1. The van der Waals surface area contributed by atoms with Gasteiger partial charge in [0.25, 0.3) is 0 Å². The standard InChI is InChI=1S/C13H20N4S/c1-3-17(4-2)8-7-15-13-16-11-6-5-10(14)9-12(11)18-13/h5-6,9H,3-4,7-8,14H2,1-2H3,(H,15,16). The smallest absolute Gasteiger partial charge is 0.183 e. The maximum Gasteiger partial charge on any atom is 0.183 e. The number of rotatable bonds is 6. The number of anilines is 2. The summed E-state index contributed by atoms with van der Waals surface area (Å²) in [4.78, 5) is 6.92. The number of aromatic nitrogens is 1. The van der Waals surface area contributed by atoms with Crippen LogP contribution in [0.5, 0.6) is 0 Å². The number of hydrogen-bond donors (Lipinski definition) is 2. The van der Waals surface area contributed by atoms with E-state index in [1.807, 2.05) is 18.2 Å². The zero-order valence-electron chi connectivity index (χ0n) is 10.9. The maximum absolute atomic E-state index is 5.76. The Morgan fingerprint density at radius 1 is 1.33 bits per heavy atom. The molecule has 0 saturated carbocycles. The van der Waals surface area contributed by atoms with E-state index in [4.69, 9.17) is 5.73 Å². The van der Waals surface area contributed by atoms with E-state index >= 15 is 0 Å². The minimum Gasteiger partial charge on any atom is -0.399 e. The van der Waals surface area contributed by atoms with Crippen molar-refractivity contribution in [2.45, 2.75) is 13.8 Å². The first-order valence-electron chi connectivity index (χ1n) is 6.35. The van der Waals surface area contributed by atoms with Crippen LogP contribution in [0.2, 0.25) is 0 Å². The molecule has 98 valence electrons. The molecule has 3 N–H and O–H groups in total. The minimum atomic E-state index is 0.792. The Morgan fingerprint density at radius 3 is 2.83 bits per heavy atom. The molecule has 0 aliphatic carbocycles. The summed E-state index contributed by atoms with van der Waals surface area (Å²) in [6.07, 6.45) is 0. The Balaban J connectivity index is 1.95. The summed E-state index contributed by atoms with van der Waals surface area (Å²) < 4.78 is 1.14. The van der Waals surface area contributed by atoms with Crippen LogP contribution in [-0.4, -0.2) is 36.1 Å². The van der Waals surface area contributed by atoms with Crippen LogP contribution in [0.25, 0.3) is 10.2 Å². The molecule has 0 saturated heterocycles. The topological polar surface area (TPSA) is 54.2 Å². The number of benzene rings is 1. The summed E-state index contributed by atoms with van der Waals surface area (Å²) in [5.41, 5.74) is 7.57. The van der Waals surface area contributed by atoms with Crippen molar-refractivity contribution in [2.75, 3.05) is 37.2 Å². The molecule has 0 atom stereocenters. The lowest BCUT2D eigenvalue weighted by Crippen LogP contribution is -2.28. The molecule has 0 unspecified atom stereocenters. The van der Waals surface area contributed by atoms with Gasteiger partial charge in [-0.3, -0.25) is 0 Å². The van der Waals surface area contributed by atoms with E-state index in [0.717, 1.165) is 47.2 Å². The highest BCUT2D eigenvalue weighted by atomic mass is 32.1. The van der Waals surface area contributed by atoms with Gasteiger partial charge in [-0.25, -0.2) is 4.98 Å². The third-order valence-corrected chi connectivity index (χ3v) is 3.99. The Morgan fingerprint density at radius 2 is 2.11 bits per heavy atom. The summed E-state index contributed by atoms with van der Waals surface area (Å²) in [7, 11) is 0. The van der Waals surface area contributed by atoms with Crippen LogP contribution < -0.4 is 11.1 Å². The van der Waals surface area contributed by atoms with E-state index in [2.05, 4.69) is 29.0 Å². The van der Waals surface area contributed by atoms with E-state index < -0.39 is 0 Å². The quantitative estimate of drug-likeness (QED) is 0.788. The van der Waals surface area contributed by atoms with Crippen molar-refractivity contribution in [3.05, 3.63) is 18.2 Å². The third kappa shape index (κ3) is 3.11. The number of thiazole rings is 1. The van der Waals surface area contributed by atoms with Gasteiger partial charge in [0.05, 0.1) is 10.2 Å². The highest BCUT2D eigenvalue weighted by Crippen LogP contribution is 2.27. The molecule has 0 radical (unpaired) electrons. The molecule has 0 spiro atoms. The highest BCUT2D eigenvalue weighted by molar-refractivity contribution is 7.22. The van der Waals surface area contributed by atoms with Crippen molar-refractivity contribution in [1.82, 2.24) is 9.88 Å². The van der Waals surface area contributed by atoms with Gasteiger partial charge in [0.1, 0.15) is 0 Å². The van der Waals surface area contributed by atoms with Crippen LogP contribution in [0.3, 0.4) is 0 Å². The van der Waals surface area contributed by atoms with Crippen LogP contribution in [0.1, 0.15) is 13.8 Å². The lowest BCUT2D eigenvalue weighted by Gasteiger charge is -2.17. The SMILES string of the molecule is CCN(CC)CCNc1nc2ccc(N)cc2s1. The lowest BCUT2D eigenvalue weighted by molar-refractivity contribution is 0.316. The second kappa shape index (κ2) is 6.02. The van der Waals surface area contributed by atoms with E-state index in [1.165, 1.54) is 0 Å². The van der Waals surface area contributed by atoms with Crippen molar-refractivity contribution in [3.8, 4) is 0 Å². The average Bonchev–Trinajstić information content (AvgIpc) is 2.76. The molecule has 5 heteroatoms. The van der Waals surface area contributed by atoms with Gasteiger partial charge in [-0.15, -0.1) is 0 Å². The number of hydrogen-bond acceptors (Lipinski definition) is 5. The van der Waals surface area contributed by atoms with Crippen LogP contribution in [0.4, 0.5) is 10.8 Å². The van der Waals surface area contributed by atoms with Crippen molar-refractivity contribution < 1.29 is 0 Å². The fourth-order valence-electron chi connectivity index (χ4n) is 1.88. The van der Waals surface area contributed by atoms with E-state index in [-0.39, 0.29) is 0 Å². The molecule has 18 heavy (non-hydrogen) atoms. The van der Waals surface area contributed by atoms with E-state index in [9.17, 15) is 0 Å². The van der Waals surface area contributed by atoms with Crippen molar-refractivity contribution in [2.24, 2.45) is 0 Å². The molecule has 1 aromatic heterocycles. The van der Waals surface area contributed by atoms with Gasteiger partial charge >= 0.3 is 0 Å². The predicted molar refractivity (Wildman–Crippen MR) is 80.3 cm³/mol. The number of nitrogens with zero attached hydrogens (tertiary/aromatic N) is 2. The minimum absolute atomic E-state index is 0.792. The summed E-state index contributed by atoms with van der Waals surface area (Å²) in [6.45, 7) is 8.53. The Hall–Kier alpha value is -1.33. The highest BCUT2D eigenvalue weighted by Gasteiger charge is 2.04. The second-order valence-corrected chi connectivity index (χ2v) is 5.23. The average molecular weight is 264 g/mol. The molecule has 0 bridgehead atoms. The maximum atomic E-state index is 5.76. The Bertz CT molecular complexity index is 505. The number of fused-ring (bicyclic) bond motifs is 1. The molecule has 0 fully saturated rings. The molecule has 1 heterocycles. The molecular weight excluding hydrogens is 244 g/mol. The summed E-state index contributed by atoms with van der Waals surface area (Å²) in [5, 5.41) is 4.35. The summed E-state index contributed by atoms with van der Waals surface area (Å²) in [6, 6.07) is 5.83. The molecule has 0 amide bonds. The number of nitrogens with two attached hydrogens (primary N) is 1. The fourth-order valence-corrected chi connectivity index (χ4v) is 2.82. The van der Waals surface area contributed by atoms with E-state index in [1.54, 1.807) is 11.3 Å². The van der Waals surface area contributed by atoms with Crippen molar-refractivity contribution in [1.29, 1.82) is 0 Å².